The van der Waals surface area contributed by atoms with Crippen molar-refractivity contribution in [3.63, 3.8) is 0 Å². The van der Waals surface area contributed by atoms with E-state index >= 15 is 0 Å². The number of amides is 1. The van der Waals surface area contributed by atoms with E-state index in [-0.39, 0.29) is 15.9 Å². The van der Waals surface area contributed by atoms with E-state index in [0.29, 0.717) is 13.0 Å². The third-order valence-corrected chi connectivity index (χ3v) is 3.72. The van der Waals surface area contributed by atoms with E-state index in [1.54, 1.807) is 0 Å². The first-order valence-electron chi connectivity index (χ1n) is 6.51. The van der Waals surface area contributed by atoms with Gasteiger partial charge in [-0.1, -0.05) is 15.9 Å². The molecule has 0 unspecified atom stereocenters. The zero-order valence-electron chi connectivity index (χ0n) is 12.1. The van der Waals surface area contributed by atoms with E-state index in [2.05, 4.69) is 26.2 Å². The molecule has 0 aliphatic carbocycles. The molecule has 3 nitrogen and oxygen atoms in total. The van der Waals surface area contributed by atoms with Gasteiger partial charge in [0.05, 0.1) is 5.56 Å². The van der Waals surface area contributed by atoms with Crippen molar-refractivity contribution < 1.29 is 26.7 Å². The number of hydrogen-bond acceptors (Lipinski definition) is 2. The van der Waals surface area contributed by atoms with E-state index in [9.17, 15) is 26.7 Å². The van der Waals surface area contributed by atoms with Crippen molar-refractivity contribution in [1.82, 2.24) is 4.98 Å². The summed E-state index contributed by atoms with van der Waals surface area (Å²) in [5, 5.41) is 2.16. The summed E-state index contributed by atoms with van der Waals surface area (Å²) in [6, 6.07) is 4.91. The highest BCUT2D eigenvalue weighted by atomic mass is 79.9. The summed E-state index contributed by atoms with van der Waals surface area (Å²) >= 11 is 2.96. The van der Waals surface area contributed by atoms with E-state index in [1.165, 1.54) is 12.1 Å². The molecule has 24 heavy (non-hydrogen) atoms. The van der Waals surface area contributed by atoms with E-state index in [4.69, 9.17) is 0 Å². The van der Waals surface area contributed by atoms with Crippen LogP contribution in [0.5, 0.6) is 0 Å². The summed E-state index contributed by atoms with van der Waals surface area (Å²) in [7, 11) is 0. The molecule has 1 amide bonds. The van der Waals surface area contributed by atoms with E-state index in [0.717, 1.165) is 18.3 Å². The first-order valence-corrected chi connectivity index (χ1v) is 7.30. The number of anilines is 1. The monoisotopic (exact) mass is 408 g/mol. The maximum atomic E-state index is 13.5. The Labute approximate surface area is 142 Å². The van der Waals surface area contributed by atoms with Crippen LogP contribution in [0, 0.1) is 0 Å². The molecule has 0 spiro atoms. The third kappa shape index (κ3) is 4.28. The molecular formula is C15H10BrF5N2O. The summed E-state index contributed by atoms with van der Waals surface area (Å²) in [4.78, 5) is 15.7. The number of aromatic nitrogens is 1. The minimum atomic E-state index is -4.59. The molecule has 0 atom stereocenters. The van der Waals surface area contributed by atoms with Gasteiger partial charge in [0.2, 0.25) is 0 Å². The lowest BCUT2D eigenvalue weighted by atomic mass is 10.1. The van der Waals surface area contributed by atoms with Gasteiger partial charge in [-0.25, -0.2) is 13.8 Å². The first kappa shape index (κ1) is 18.3. The number of nitrogens with one attached hydrogen (secondary N) is 1. The first-order chi connectivity index (χ1) is 11.0. The van der Waals surface area contributed by atoms with Crippen LogP contribution in [0.15, 0.2) is 41.0 Å². The maximum absolute atomic E-state index is 13.5. The second-order valence-electron chi connectivity index (χ2n) is 4.96. The second kappa shape index (κ2) is 6.46. The van der Waals surface area contributed by atoms with Crippen LogP contribution < -0.4 is 5.32 Å². The van der Waals surface area contributed by atoms with Crippen LogP contribution >= 0.6 is 15.9 Å². The third-order valence-electron chi connectivity index (χ3n) is 3.03. The lowest BCUT2D eigenvalue weighted by Crippen LogP contribution is -2.16. The predicted molar refractivity (Wildman–Crippen MR) is 80.9 cm³/mol. The fraction of sp³-hybridized carbons (Fsp3) is 0.200. The fourth-order valence-corrected chi connectivity index (χ4v) is 2.46. The number of alkyl halides is 5. The topological polar surface area (TPSA) is 42.0 Å². The molecule has 0 saturated carbocycles. The van der Waals surface area contributed by atoms with E-state index in [1.807, 2.05) is 0 Å². The van der Waals surface area contributed by atoms with Gasteiger partial charge in [0.1, 0.15) is 5.82 Å². The van der Waals surface area contributed by atoms with Gasteiger partial charge in [-0.15, -0.1) is 0 Å². The Morgan fingerprint density at radius 3 is 2.38 bits per heavy atom. The van der Waals surface area contributed by atoms with Gasteiger partial charge >= 0.3 is 6.18 Å². The van der Waals surface area contributed by atoms with Crippen LogP contribution in [0.1, 0.15) is 28.4 Å². The Bertz CT molecular complexity index is 771. The lowest BCUT2D eigenvalue weighted by molar-refractivity contribution is -0.137. The number of carbonyl (C=O) groups is 1. The Morgan fingerprint density at radius 2 is 1.79 bits per heavy atom. The highest BCUT2D eigenvalue weighted by Crippen LogP contribution is 2.34. The Hall–Kier alpha value is -2.03. The number of rotatable bonds is 3. The number of benzene rings is 1. The minimum absolute atomic E-state index is 0.115. The summed E-state index contributed by atoms with van der Waals surface area (Å²) in [5.74, 6) is -4.37. The standard InChI is InChI=1S/C15H10BrF5N2O/c1-14(17,18)10-6-8(2-3-11(10)16)13(24)23-12-7-9(4-5-22-12)15(19,20)21/h2-7H,1H3,(H,22,23,24). The molecular weight excluding hydrogens is 399 g/mol. The van der Waals surface area contributed by atoms with E-state index < -0.39 is 29.1 Å². The molecule has 0 aliphatic heterocycles. The quantitative estimate of drug-likeness (QED) is 0.706. The number of hydrogen-bond donors (Lipinski definition) is 1. The molecule has 2 aromatic rings. The zero-order chi connectivity index (χ0) is 18.1. The van der Waals surface area contributed by atoms with Crippen LogP contribution in [0.25, 0.3) is 0 Å². The maximum Gasteiger partial charge on any atom is 0.416 e. The molecule has 9 heteroatoms. The van der Waals surface area contributed by atoms with Gasteiger partial charge in [0, 0.05) is 28.7 Å². The highest BCUT2D eigenvalue weighted by Gasteiger charge is 2.31. The normalized spacial score (nSPS) is 12.1. The number of carbonyl (C=O) groups excluding carboxylic acids is 1. The second-order valence-corrected chi connectivity index (χ2v) is 5.82. The van der Waals surface area contributed by atoms with Crippen molar-refractivity contribution in [3.8, 4) is 0 Å². The highest BCUT2D eigenvalue weighted by molar-refractivity contribution is 9.10. The van der Waals surface area contributed by atoms with Crippen LogP contribution in [0.2, 0.25) is 0 Å². The SMILES string of the molecule is CC(F)(F)c1cc(C(=O)Nc2cc(C(F)(F)F)ccn2)ccc1Br. The zero-order valence-corrected chi connectivity index (χ0v) is 13.7. The molecule has 0 fully saturated rings. The van der Waals surface area contributed by atoms with Crippen molar-refractivity contribution >= 4 is 27.7 Å². The minimum Gasteiger partial charge on any atom is -0.307 e. The summed E-state index contributed by atoms with van der Waals surface area (Å²) in [6.45, 7) is 0.670. The molecule has 1 aromatic heterocycles. The average Bonchev–Trinajstić information content (AvgIpc) is 2.45. The van der Waals surface area contributed by atoms with Crippen molar-refractivity contribution in [2.45, 2.75) is 19.0 Å². The van der Waals surface area contributed by atoms with Crippen molar-refractivity contribution in [1.29, 1.82) is 0 Å². The van der Waals surface area contributed by atoms with Crippen LogP contribution in [-0.4, -0.2) is 10.9 Å². The van der Waals surface area contributed by atoms with Crippen molar-refractivity contribution in [2.24, 2.45) is 0 Å². The lowest BCUT2D eigenvalue weighted by Gasteiger charge is -2.14. The predicted octanol–water partition coefficient (Wildman–Crippen LogP) is 5.23. The molecule has 0 saturated heterocycles. The molecule has 0 bridgehead atoms. The van der Waals surface area contributed by atoms with Gasteiger partial charge < -0.3 is 5.32 Å². The van der Waals surface area contributed by atoms with Crippen LogP contribution in [-0.2, 0) is 12.1 Å². The summed E-state index contributed by atoms with van der Waals surface area (Å²) < 4.78 is 64.9. The molecule has 0 radical (unpaired) electrons. The van der Waals surface area contributed by atoms with Gasteiger partial charge in [-0.2, -0.15) is 13.2 Å². The van der Waals surface area contributed by atoms with Gasteiger partial charge in [0.15, 0.2) is 0 Å². The molecule has 0 aliphatic rings. The van der Waals surface area contributed by atoms with Crippen LogP contribution in [0.4, 0.5) is 27.8 Å². The molecule has 1 N–H and O–H groups in total. The number of pyridine rings is 1. The van der Waals surface area contributed by atoms with Crippen molar-refractivity contribution in [2.75, 3.05) is 5.32 Å². The molecule has 2 rings (SSSR count). The largest absolute Gasteiger partial charge is 0.416 e. The molecule has 128 valence electrons. The Morgan fingerprint density at radius 1 is 1.12 bits per heavy atom. The van der Waals surface area contributed by atoms with Crippen molar-refractivity contribution in [3.05, 3.63) is 57.7 Å². The average molecular weight is 409 g/mol. The fourth-order valence-electron chi connectivity index (χ4n) is 1.87. The smallest absolute Gasteiger partial charge is 0.307 e. The van der Waals surface area contributed by atoms with Gasteiger partial charge in [-0.3, -0.25) is 4.79 Å². The number of halogens is 6. The Kier molecular flexibility index (Phi) is 4.93. The number of nitrogens with zero attached hydrogens (tertiary/aromatic N) is 1. The Balaban J connectivity index is 2.28. The van der Waals surface area contributed by atoms with Crippen LogP contribution in [0.3, 0.4) is 0 Å². The molecule has 1 aromatic carbocycles. The summed E-state index contributed by atoms with van der Waals surface area (Å²) in [6.07, 6.45) is -3.69. The van der Waals surface area contributed by atoms with Gasteiger partial charge in [0.25, 0.3) is 11.8 Å². The van der Waals surface area contributed by atoms with Gasteiger partial charge in [-0.05, 0) is 30.3 Å². The molecule has 1 heterocycles. The summed E-state index contributed by atoms with van der Waals surface area (Å²) in [5.41, 5.74) is -1.52.